The van der Waals surface area contributed by atoms with E-state index in [0.29, 0.717) is 0 Å². The lowest BCUT2D eigenvalue weighted by molar-refractivity contribution is 0.0593. The fourth-order valence-electron chi connectivity index (χ4n) is 3.18. The van der Waals surface area contributed by atoms with Gasteiger partial charge < -0.3 is 15.2 Å². The van der Waals surface area contributed by atoms with Crippen LogP contribution in [0, 0.1) is 13.8 Å². The topological polar surface area (TPSA) is 48.1 Å². The first kappa shape index (κ1) is 14.7. The van der Waals surface area contributed by atoms with Crippen LogP contribution in [0.15, 0.2) is 30.3 Å². The molecule has 0 fully saturated rings. The highest BCUT2D eigenvalue weighted by atomic mass is 16.2. The molecule has 1 aliphatic heterocycles. The van der Waals surface area contributed by atoms with E-state index in [4.69, 9.17) is 0 Å². The number of nitrogens with zero attached hydrogens (tertiary/aromatic N) is 1. The number of benzene rings is 1. The Labute approximate surface area is 131 Å². The molecule has 2 aromatic rings. The van der Waals surface area contributed by atoms with E-state index in [1.54, 1.807) is 0 Å². The van der Waals surface area contributed by atoms with Gasteiger partial charge in [-0.25, -0.2) is 0 Å². The first-order valence-electron chi connectivity index (χ1n) is 7.87. The largest absolute Gasteiger partial charge is 0.362 e. The molecule has 0 unspecified atom stereocenters. The van der Waals surface area contributed by atoms with E-state index in [1.807, 2.05) is 36.1 Å². The number of rotatable bonds is 3. The molecule has 4 heteroatoms. The number of hydrogen-bond donors (Lipinski definition) is 2. The third-order valence-corrected chi connectivity index (χ3v) is 4.51. The second-order valence-corrected chi connectivity index (χ2v) is 6.09. The summed E-state index contributed by atoms with van der Waals surface area (Å²) in [7, 11) is 0. The number of aromatic amines is 1. The minimum Gasteiger partial charge on any atom is -0.362 e. The summed E-state index contributed by atoms with van der Waals surface area (Å²) in [6.07, 6.45) is 0.802. The predicted octanol–water partition coefficient (Wildman–Crippen LogP) is 4.00. The van der Waals surface area contributed by atoms with Crippen molar-refractivity contribution in [3.05, 3.63) is 52.8 Å². The van der Waals surface area contributed by atoms with Crippen molar-refractivity contribution in [1.29, 1.82) is 0 Å². The lowest BCUT2D eigenvalue weighted by atomic mass is 10.0. The number of H-pyrrole nitrogens is 1. The molecule has 0 saturated heterocycles. The quantitative estimate of drug-likeness (QED) is 0.899. The maximum Gasteiger partial charge on any atom is 0.258 e. The number of aryl methyl sites for hydroxylation is 2. The molecule has 1 aliphatic rings. The first-order valence-corrected chi connectivity index (χ1v) is 7.87. The Morgan fingerprint density at radius 1 is 1.27 bits per heavy atom. The van der Waals surface area contributed by atoms with E-state index in [1.165, 1.54) is 0 Å². The summed E-state index contributed by atoms with van der Waals surface area (Å²) in [5.41, 5.74) is 5.03. The molecular weight excluding hydrogens is 274 g/mol. The molecule has 0 bridgehead atoms. The van der Waals surface area contributed by atoms with Crippen LogP contribution in [0.1, 0.15) is 53.7 Å². The molecule has 2 heterocycles. The molecule has 0 aliphatic carbocycles. The van der Waals surface area contributed by atoms with Gasteiger partial charge in [0.05, 0.1) is 5.56 Å². The Kier molecular flexibility index (Phi) is 3.69. The fourth-order valence-corrected chi connectivity index (χ4v) is 3.18. The molecule has 0 spiro atoms. The standard InChI is InChI=1S/C18H23N3O/c1-5-12(3)21-17(15-10-11(2)19-13(15)4)20-16-9-7-6-8-14(16)18(21)22/h6-10,12,17,19-20H,5H2,1-4H3/t12-,17+/m0/s1. The van der Waals surface area contributed by atoms with Gasteiger partial charge in [-0.3, -0.25) is 4.79 Å². The Morgan fingerprint density at radius 3 is 2.64 bits per heavy atom. The number of aromatic nitrogens is 1. The maximum absolute atomic E-state index is 13.0. The summed E-state index contributed by atoms with van der Waals surface area (Å²) in [5, 5.41) is 3.55. The van der Waals surface area contributed by atoms with Crippen LogP contribution in [-0.4, -0.2) is 21.8 Å². The van der Waals surface area contributed by atoms with E-state index in [-0.39, 0.29) is 18.1 Å². The van der Waals surface area contributed by atoms with Crippen molar-refractivity contribution >= 4 is 11.6 Å². The van der Waals surface area contributed by atoms with Gasteiger partial charge in [0.15, 0.2) is 0 Å². The zero-order chi connectivity index (χ0) is 15.9. The van der Waals surface area contributed by atoms with E-state index in [0.717, 1.165) is 34.6 Å². The number of fused-ring (bicyclic) bond motifs is 1. The van der Waals surface area contributed by atoms with Crippen molar-refractivity contribution in [2.45, 2.75) is 46.3 Å². The van der Waals surface area contributed by atoms with Crippen molar-refractivity contribution in [3.63, 3.8) is 0 Å². The van der Waals surface area contributed by atoms with Gasteiger partial charge in [0.1, 0.15) is 6.17 Å². The van der Waals surface area contributed by atoms with E-state index < -0.39 is 0 Å². The van der Waals surface area contributed by atoms with Crippen LogP contribution in [0.5, 0.6) is 0 Å². The molecule has 22 heavy (non-hydrogen) atoms. The van der Waals surface area contributed by atoms with Gasteiger partial charge in [0.25, 0.3) is 5.91 Å². The average Bonchev–Trinajstić information content (AvgIpc) is 2.85. The van der Waals surface area contributed by atoms with Gasteiger partial charge in [-0.15, -0.1) is 0 Å². The Balaban J connectivity index is 2.11. The van der Waals surface area contributed by atoms with Crippen LogP contribution >= 0.6 is 0 Å². The van der Waals surface area contributed by atoms with Crippen LogP contribution in [0.25, 0.3) is 0 Å². The number of para-hydroxylation sites is 1. The van der Waals surface area contributed by atoms with Crippen LogP contribution in [0.4, 0.5) is 5.69 Å². The van der Waals surface area contributed by atoms with Crippen molar-refractivity contribution in [3.8, 4) is 0 Å². The molecule has 2 atom stereocenters. The Bertz CT molecular complexity index is 704. The van der Waals surface area contributed by atoms with Crippen molar-refractivity contribution in [2.24, 2.45) is 0 Å². The van der Waals surface area contributed by atoms with Gasteiger partial charge in [-0.05, 0) is 45.4 Å². The molecule has 1 amide bonds. The lowest BCUT2D eigenvalue weighted by Crippen LogP contribution is -2.47. The van der Waals surface area contributed by atoms with Crippen LogP contribution < -0.4 is 5.32 Å². The SMILES string of the molecule is CC[C@H](C)N1C(=O)c2ccccc2N[C@H]1c1cc(C)[nH]c1C. The van der Waals surface area contributed by atoms with Crippen LogP contribution in [0.3, 0.4) is 0 Å². The molecule has 0 saturated carbocycles. The molecule has 116 valence electrons. The fraction of sp³-hybridized carbons (Fsp3) is 0.389. The summed E-state index contributed by atoms with van der Waals surface area (Å²) in [4.78, 5) is 18.3. The van der Waals surface area contributed by atoms with Crippen molar-refractivity contribution < 1.29 is 4.79 Å². The summed E-state index contributed by atoms with van der Waals surface area (Å²) in [6, 6.07) is 10.1. The van der Waals surface area contributed by atoms with E-state index >= 15 is 0 Å². The van der Waals surface area contributed by atoms with E-state index in [9.17, 15) is 4.79 Å². The highest BCUT2D eigenvalue weighted by Gasteiger charge is 2.36. The number of carbonyl (C=O) groups excluding carboxylic acids is 1. The number of carbonyl (C=O) groups is 1. The number of nitrogens with one attached hydrogen (secondary N) is 2. The Hall–Kier alpha value is -2.23. The predicted molar refractivity (Wildman–Crippen MR) is 89.0 cm³/mol. The highest BCUT2D eigenvalue weighted by Crippen LogP contribution is 2.36. The third-order valence-electron chi connectivity index (χ3n) is 4.51. The second kappa shape index (κ2) is 5.52. The molecule has 1 aromatic heterocycles. The zero-order valence-corrected chi connectivity index (χ0v) is 13.6. The smallest absolute Gasteiger partial charge is 0.258 e. The molecule has 4 nitrogen and oxygen atoms in total. The highest BCUT2D eigenvalue weighted by molar-refractivity contribution is 6.01. The van der Waals surface area contributed by atoms with Gasteiger partial charge in [0, 0.05) is 28.7 Å². The van der Waals surface area contributed by atoms with Gasteiger partial charge in [-0.2, -0.15) is 0 Å². The number of hydrogen-bond acceptors (Lipinski definition) is 2. The monoisotopic (exact) mass is 297 g/mol. The molecule has 3 rings (SSSR count). The summed E-state index contributed by atoms with van der Waals surface area (Å²) >= 11 is 0. The maximum atomic E-state index is 13.0. The first-order chi connectivity index (χ1) is 10.5. The second-order valence-electron chi connectivity index (χ2n) is 6.09. The average molecular weight is 297 g/mol. The summed E-state index contributed by atoms with van der Waals surface area (Å²) in [5.74, 6) is 0.104. The number of anilines is 1. The lowest BCUT2D eigenvalue weighted by Gasteiger charge is -2.41. The minimum absolute atomic E-state index is 0.104. The minimum atomic E-state index is -0.123. The van der Waals surface area contributed by atoms with E-state index in [2.05, 4.69) is 37.1 Å². The van der Waals surface area contributed by atoms with Crippen LogP contribution in [0.2, 0.25) is 0 Å². The molecule has 0 radical (unpaired) electrons. The Morgan fingerprint density at radius 2 is 2.00 bits per heavy atom. The summed E-state index contributed by atoms with van der Waals surface area (Å²) in [6.45, 7) is 8.33. The molecular formula is C18H23N3O. The molecule has 2 N–H and O–H groups in total. The van der Waals surface area contributed by atoms with Crippen molar-refractivity contribution in [1.82, 2.24) is 9.88 Å². The normalized spacial score (nSPS) is 18.8. The van der Waals surface area contributed by atoms with Gasteiger partial charge >= 0.3 is 0 Å². The van der Waals surface area contributed by atoms with Crippen LogP contribution in [-0.2, 0) is 0 Å². The third kappa shape index (κ3) is 2.28. The van der Waals surface area contributed by atoms with Gasteiger partial charge in [-0.1, -0.05) is 19.1 Å². The zero-order valence-electron chi connectivity index (χ0n) is 13.6. The molecule has 1 aromatic carbocycles. The number of amides is 1. The van der Waals surface area contributed by atoms with Crippen molar-refractivity contribution in [2.75, 3.05) is 5.32 Å². The van der Waals surface area contributed by atoms with Gasteiger partial charge in [0.2, 0.25) is 0 Å². The summed E-state index contributed by atoms with van der Waals surface area (Å²) < 4.78 is 0.